The van der Waals surface area contributed by atoms with Crippen LogP contribution in [-0.2, 0) is 0 Å². The first-order valence-corrected chi connectivity index (χ1v) is 5.33. The molecule has 0 heterocycles. The van der Waals surface area contributed by atoms with E-state index in [-0.39, 0.29) is 6.04 Å². The molecule has 0 fully saturated rings. The predicted octanol–water partition coefficient (Wildman–Crippen LogP) is 2.20. The van der Waals surface area contributed by atoms with Crippen LogP contribution in [0.2, 0.25) is 0 Å². The molecule has 0 aliphatic heterocycles. The molecular weight excluding hydrogens is 190 g/mol. The van der Waals surface area contributed by atoms with E-state index < -0.39 is 0 Å². The summed E-state index contributed by atoms with van der Waals surface area (Å²) in [6.45, 7) is 5.29. The van der Waals surface area contributed by atoms with Crippen LogP contribution in [0.3, 0.4) is 0 Å². The van der Waals surface area contributed by atoms with Gasteiger partial charge in [-0.1, -0.05) is 6.92 Å². The van der Waals surface area contributed by atoms with Crippen molar-refractivity contribution in [1.29, 1.82) is 0 Å². The van der Waals surface area contributed by atoms with Crippen LogP contribution in [0.1, 0.15) is 20.3 Å². The lowest BCUT2D eigenvalue weighted by Crippen LogP contribution is -2.23. The molecule has 0 aliphatic rings. The Hall–Kier alpha value is -1.22. The molecule has 0 amide bonds. The Kier molecular flexibility index (Phi) is 4.98. The number of nitrogens with two attached hydrogens (primary N) is 1. The van der Waals surface area contributed by atoms with Crippen molar-refractivity contribution in [3.63, 3.8) is 0 Å². The van der Waals surface area contributed by atoms with Crippen LogP contribution in [0, 0.1) is 0 Å². The quantitative estimate of drug-likeness (QED) is 0.781. The van der Waals surface area contributed by atoms with E-state index in [0.717, 1.165) is 24.5 Å². The second-order valence-corrected chi connectivity index (χ2v) is 3.61. The molecule has 0 saturated heterocycles. The summed E-state index contributed by atoms with van der Waals surface area (Å²) in [5.41, 5.74) is 5.59. The van der Waals surface area contributed by atoms with Gasteiger partial charge in [-0.2, -0.15) is 0 Å². The van der Waals surface area contributed by atoms with E-state index in [2.05, 4.69) is 6.92 Å². The fourth-order valence-electron chi connectivity index (χ4n) is 1.08. The molecule has 3 heteroatoms. The lowest BCUT2D eigenvalue weighted by molar-refractivity contribution is 0.293. The van der Waals surface area contributed by atoms with Crippen molar-refractivity contribution in [2.24, 2.45) is 5.73 Å². The minimum atomic E-state index is 0.0565. The molecule has 0 radical (unpaired) electrons. The highest BCUT2D eigenvalue weighted by molar-refractivity contribution is 5.31. The standard InChI is InChI=1S/C12H19NO2/c1-3-8-14-11-4-6-12(7-5-11)15-9-10(2)13/h4-7,10H,3,8-9,13H2,1-2H3. The second kappa shape index (κ2) is 6.30. The van der Waals surface area contributed by atoms with Crippen LogP contribution < -0.4 is 15.2 Å². The number of hydrogen-bond donors (Lipinski definition) is 1. The van der Waals surface area contributed by atoms with Gasteiger partial charge in [0.2, 0.25) is 0 Å². The molecule has 1 aromatic carbocycles. The molecule has 0 spiro atoms. The van der Waals surface area contributed by atoms with Gasteiger partial charge in [-0.15, -0.1) is 0 Å². The Bertz CT molecular complexity index is 269. The van der Waals surface area contributed by atoms with Crippen molar-refractivity contribution in [3.05, 3.63) is 24.3 Å². The van der Waals surface area contributed by atoms with Gasteiger partial charge in [0.15, 0.2) is 0 Å². The minimum Gasteiger partial charge on any atom is -0.494 e. The highest BCUT2D eigenvalue weighted by Gasteiger charge is 1.98. The zero-order valence-electron chi connectivity index (χ0n) is 9.40. The molecule has 0 aromatic heterocycles. The van der Waals surface area contributed by atoms with Crippen LogP contribution >= 0.6 is 0 Å². The van der Waals surface area contributed by atoms with E-state index in [0.29, 0.717) is 6.61 Å². The maximum absolute atomic E-state index is 5.59. The van der Waals surface area contributed by atoms with Gasteiger partial charge in [0.05, 0.1) is 6.61 Å². The summed E-state index contributed by atoms with van der Waals surface area (Å²) in [6.07, 6.45) is 1.02. The Morgan fingerprint density at radius 1 is 1.13 bits per heavy atom. The molecule has 84 valence electrons. The molecule has 1 unspecified atom stereocenters. The summed E-state index contributed by atoms with van der Waals surface area (Å²) >= 11 is 0. The van der Waals surface area contributed by atoms with E-state index in [9.17, 15) is 0 Å². The Balaban J connectivity index is 2.41. The largest absolute Gasteiger partial charge is 0.494 e. The van der Waals surface area contributed by atoms with E-state index in [1.807, 2.05) is 31.2 Å². The number of benzene rings is 1. The average molecular weight is 209 g/mol. The molecule has 1 aromatic rings. The van der Waals surface area contributed by atoms with E-state index in [1.165, 1.54) is 0 Å². The zero-order valence-corrected chi connectivity index (χ0v) is 9.40. The van der Waals surface area contributed by atoms with Crippen LogP contribution in [0.4, 0.5) is 0 Å². The Morgan fingerprint density at radius 2 is 1.67 bits per heavy atom. The van der Waals surface area contributed by atoms with Crippen LogP contribution in [0.25, 0.3) is 0 Å². The third-order valence-electron chi connectivity index (χ3n) is 1.81. The highest BCUT2D eigenvalue weighted by atomic mass is 16.5. The van der Waals surface area contributed by atoms with Crippen molar-refractivity contribution < 1.29 is 9.47 Å². The van der Waals surface area contributed by atoms with E-state index >= 15 is 0 Å². The summed E-state index contributed by atoms with van der Waals surface area (Å²) in [6, 6.07) is 7.67. The predicted molar refractivity (Wildman–Crippen MR) is 61.4 cm³/mol. The molecule has 1 atom stereocenters. The monoisotopic (exact) mass is 209 g/mol. The minimum absolute atomic E-state index is 0.0565. The first-order chi connectivity index (χ1) is 7.22. The molecule has 3 nitrogen and oxygen atoms in total. The topological polar surface area (TPSA) is 44.5 Å². The lowest BCUT2D eigenvalue weighted by Gasteiger charge is -2.09. The van der Waals surface area contributed by atoms with Crippen molar-refractivity contribution in [2.45, 2.75) is 26.3 Å². The maximum atomic E-state index is 5.59. The number of hydrogen-bond acceptors (Lipinski definition) is 3. The Morgan fingerprint density at radius 3 is 2.13 bits per heavy atom. The van der Waals surface area contributed by atoms with Crippen LogP contribution in [0.5, 0.6) is 11.5 Å². The molecular formula is C12H19NO2. The molecule has 0 bridgehead atoms. The first-order valence-electron chi connectivity index (χ1n) is 5.33. The first kappa shape index (κ1) is 11.9. The van der Waals surface area contributed by atoms with Gasteiger partial charge in [-0.25, -0.2) is 0 Å². The van der Waals surface area contributed by atoms with Gasteiger partial charge in [-0.05, 0) is 37.6 Å². The third-order valence-corrected chi connectivity index (χ3v) is 1.81. The summed E-state index contributed by atoms with van der Waals surface area (Å²) in [4.78, 5) is 0. The summed E-state index contributed by atoms with van der Waals surface area (Å²) in [5, 5.41) is 0. The molecule has 15 heavy (non-hydrogen) atoms. The van der Waals surface area contributed by atoms with Crippen molar-refractivity contribution in [3.8, 4) is 11.5 Å². The number of rotatable bonds is 6. The summed E-state index contributed by atoms with van der Waals surface area (Å²) in [5.74, 6) is 1.71. The molecule has 2 N–H and O–H groups in total. The normalized spacial score (nSPS) is 12.2. The second-order valence-electron chi connectivity index (χ2n) is 3.61. The fourth-order valence-corrected chi connectivity index (χ4v) is 1.08. The Labute approximate surface area is 91.2 Å². The van der Waals surface area contributed by atoms with Gasteiger partial charge in [0.25, 0.3) is 0 Å². The average Bonchev–Trinajstić information content (AvgIpc) is 2.25. The summed E-state index contributed by atoms with van der Waals surface area (Å²) in [7, 11) is 0. The number of ether oxygens (including phenoxy) is 2. The van der Waals surface area contributed by atoms with Crippen molar-refractivity contribution in [2.75, 3.05) is 13.2 Å². The van der Waals surface area contributed by atoms with Gasteiger partial charge >= 0.3 is 0 Å². The SMILES string of the molecule is CCCOc1ccc(OCC(C)N)cc1. The zero-order chi connectivity index (χ0) is 11.1. The molecule has 0 aliphatic carbocycles. The maximum Gasteiger partial charge on any atom is 0.119 e. The van der Waals surface area contributed by atoms with Gasteiger partial charge in [0, 0.05) is 6.04 Å². The van der Waals surface area contributed by atoms with Crippen molar-refractivity contribution in [1.82, 2.24) is 0 Å². The van der Waals surface area contributed by atoms with E-state index in [4.69, 9.17) is 15.2 Å². The summed E-state index contributed by atoms with van der Waals surface area (Å²) < 4.78 is 10.9. The highest BCUT2D eigenvalue weighted by Crippen LogP contribution is 2.17. The third kappa shape index (κ3) is 4.70. The van der Waals surface area contributed by atoms with Crippen LogP contribution in [0.15, 0.2) is 24.3 Å². The molecule has 0 saturated carbocycles. The lowest BCUT2D eigenvalue weighted by atomic mass is 10.3. The van der Waals surface area contributed by atoms with Gasteiger partial charge in [0.1, 0.15) is 18.1 Å². The van der Waals surface area contributed by atoms with Crippen LogP contribution in [-0.4, -0.2) is 19.3 Å². The van der Waals surface area contributed by atoms with Crippen molar-refractivity contribution >= 4 is 0 Å². The smallest absolute Gasteiger partial charge is 0.119 e. The van der Waals surface area contributed by atoms with Gasteiger partial charge in [-0.3, -0.25) is 0 Å². The fraction of sp³-hybridized carbons (Fsp3) is 0.500. The molecule has 1 rings (SSSR count). The van der Waals surface area contributed by atoms with Gasteiger partial charge < -0.3 is 15.2 Å². The van der Waals surface area contributed by atoms with E-state index in [1.54, 1.807) is 0 Å².